The van der Waals surface area contributed by atoms with E-state index in [2.05, 4.69) is 60.6 Å². The Labute approximate surface area is 211 Å². The van der Waals surface area contributed by atoms with Crippen LogP contribution in [0.15, 0.2) is 35.3 Å². The number of piperidine rings is 1. The van der Waals surface area contributed by atoms with Crippen molar-refractivity contribution in [1.82, 2.24) is 20.4 Å². The molecule has 0 aromatic heterocycles. The SMILES string of the molecule is CCNC(=NCC1CC(=O)N(CCc2ccccc2)C1)NCCN1CC(C)CC(C)C1.I. The smallest absolute Gasteiger partial charge is 0.223 e. The number of aliphatic imine (C=N–C) groups is 1. The molecular formula is C25H42IN5O. The average molecular weight is 556 g/mol. The first-order valence-corrected chi connectivity index (χ1v) is 12.1. The molecule has 2 N–H and O–H groups in total. The van der Waals surface area contributed by atoms with Gasteiger partial charge in [-0.3, -0.25) is 9.79 Å². The van der Waals surface area contributed by atoms with Crippen molar-refractivity contribution in [2.75, 3.05) is 52.4 Å². The highest BCUT2D eigenvalue weighted by atomic mass is 127. The Balaban J connectivity index is 0.00000363. The van der Waals surface area contributed by atoms with Gasteiger partial charge in [-0.2, -0.15) is 0 Å². The van der Waals surface area contributed by atoms with Crippen LogP contribution in [0.25, 0.3) is 0 Å². The largest absolute Gasteiger partial charge is 0.357 e. The fourth-order valence-corrected chi connectivity index (χ4v) is 4.97. The monoisotopic (exact) mass is 555 g/mol. The van der Waals surface area contributed by atoms with E-state index in [1.807, 2.05) is 11.0 Å². The molecule has 2 aliphatic rings. The van der Waals surface area contributed by atoms with Crippen LogP contribution in [0.2, 0.25) is 0 Å². The van der Waals surface area contributed by atoms with Gasteiger partial charge >= 0.3 is 0 Å². The third kappa shape index (κ3) is 8.89. The van der Waals surface area contributed by atoms with E-state index < -0.39 is 0 Å². The van der Waals surface area contributed by atoms with E-state index in [9.17, 15) is 4.79 Å². The highest BCUT2D eigenvalue weighted by Crippen LogP contribution is 2.20. The van der Waals surface area contributed by atoms with Gasteiger partial charge in [0.2, 0.25) is 5.91 Å². The Kier molecular flexibility index (Phi) is 11.8. The third-order valence-corrected chi connectivity index (χ3v) is 6.32. The van der Waals surface area contributed by atoms with Crippen LogP contribution in [0.1, 0.15) is 39.2 Å². The Bertz CT molecular complexity index is 704. The molecule has 2 aliphatic heterocycles. The molecule has 2 heterocycles. The highest BCUT2D eigenvalue weighted by molar-refractivity contribution is 14.0. The third-order valence-electron chi connectivity index (χ3n) is 6.32. The molecule has 3 unspecified atom stereocenters. The van der Waals surface area contributed by atoms with Gasteiger partial charge in [-0.05, 0) is 37.2 Å². The lowest BCUT2D eigenvalue weighted by atomic mass is 9.92. The summed E-state index contributed by atoms with van der Waals surface area (Å²) in [4.78, 5) is 21.8. The molecule has 0 saturated carbocycles. The second kappa shape index (κ2) is 14.0. The predicted octanol–water partition coefficient (Wildman–Crippen LogP) is 3.23. The van der Waals surface area contributed by atoms with Crippen LogP contribution in [0.4, 0.5) is 0 Å². The number of guanidine groups is 1. The summed E-state index contributed by atoms with van der Waals surface area (Å²) in [5.74, 6) is 3.02. The number of carbonyl (C=O) groups excluding carboxylic acids is 1. The summed E-state index contributed by atoms with van der Waals surface area (Å²) < 4.78 is 0. The van der Waals surface area contributed by atoms with Crippen LogP contribution in [0.3, 0.4) is 0 Å². The van der Waals surface area contributed by atoms with Crippen molar-refractivity contribution < 1.29 is 4.79 Å². The van der Waals surface area contributed by atoms with Crippen LogP contribution in [-0.4, -0.2) is 74.0 Å². The predicted molar refractivity (Wildman–Crippen MR) is 144 cm³/mol. The molecule has 3 atom stereocenters. The van der Waals surface area contributed by atoms with Gasteiger partial charge in [-0.25, -0.2) is 0 Å². The molecule has 1 aromatic carbocycles. The Hall–Kier alpha value is -1.35. The summed E-state index contributed by atoms with van der Waals surface area (Å²) in [5, 5.41) is 6.84. The highest BCUT2D eigenvalue weighted by Gasteiger charge is 2.29. The molecule has 0 bridgehead atoms. The second-order valence-corrected chi connectivity index (χ2v) is 9.50. The summed E-state index contributed by atoms with van der Waals surface area (Å²) in [6.07, 6.45) is 2.87. The summed E-state index contributed by atoms with van der Waals surface area (Å²) in [6, 6.07) is 10.4. The van der Waals surface area contributed by atoms with Crippen LogP contribution < -0.4 is 10.6 Å². The Morgan fingerprint density at radius 2 is 1.78 bits per heavy atom. The van der Waals surface area contributed by atoms with Crippen molar-refractivity contribution >= 4 is 35.8 Å². The molecule has 0 spiro atoms. The number of carbonyl (C=O) groups is 1. The Morgan fingerprint density at radius 1 is 1.06 bits per heavy atom. The molecule has 1 aromatic rings. The van der Waals surface area contributed by atoms with Crippen molar-refractivity contribution in [3.05, 3.63) is 35.9 Å². The number of likely N-dealkylation sites (tertiary alicyclic amines) is 2. The zero-order chi connectivity index (χ0) is 22.1. The maximum Gasteiger partial charge on any atom is 0.223 e. The molecule has 6 nitrogen and oxygen atoms in total. The molecule has 2 fully saturated rings. The van der Waals surface area contributed by atoms with Gasteiger partial charge in [0.1, 0.15) is 0 Å². The van der Waals surface area contributed by atoms with E-state index in [1.165, 1.54) is 25.1 Å². The van der Waals surface area contributed by atoms with Crippen molar-refractivity contribution in [3.63, 3.8) is 0 Å². The number of amides is 1. The minimum Gasteiger partial charge on any atom is -0.357 e. The van der Waals surface area contributed by atoms with E-state index in [4.69, 9.17) is 4.99 Å². The molecule has 2 saturated heterocycles. The molecular weight excluding hydrogens is 513 g/mol. The normalized spacial score (nSPS) is 24.3. The lowest BCUT2D eigenvalue weighted by molar-refractivity contribution is -0.127. The first-order valence-electron chi connectivity index (χ1n) is 12.1. The summed E-state index contributed by atoms with van der Waals surface area (Å²) in [7, 11) is 0. The van der Waals surface area contributed by atoms with Gasteiger partial charge in [0, 0.05) is 64.7 Å². The molecule has 32 heavy (non-hydrogen) atoms. The van der Waals surface area contributed by atoms with Crippen molar-refractivity contribution in [2.24, 2.45) is 22.7 Å². The van der Waals surface area contributed by atoms with Crippen LogP contribution in [0, 0.1) is 17.8 Å². The molecule has 3 rings (SSSR count). The van der Waals surface area contributed by atoms with E-state index in [0.717, 1.165) is 56.9 Å². The zero-order valence-corrected chi connectivity index (χ0v) is 22.4. The summed E-state index contributed by atoms with van der Waals surface area (Å²) in [6.45, 7) is 14.3. The van der Waals surface area contributed by atoms with Crippen molar-refractivity contribution in [1.29, 1.82) is 0 Å². The first-order chi connectivity index (χ1) is 15.0. The number of nitrogens with zero attached hydrogens (tertiary/aromatic N) is 3. The zero-order valence-electron chi connectivity index (χ0n) is 20.1. The number of hydrogen-bond donors (Lipinski definition) is 2. The molecule has 0 aliphatic carbocycles. The lowest BCUT2D eigenvalue weighted by Gasteiger charge is -2.35. The number of nitrogens with one attached hydrogen (secondary N) is 2. The molecule has 7 heteroatoms. The number of halogens is 1. The van der Waals surface area contributed by atoms with E-state index in [0.29, 0.717) is 18.9 Å². The van der Waals surface area contributed by atoms with Crippen molar-refractivity contribution in [2.45, 2.75) is 40.0 Å². The molecule has 0 radical (unpaired) electrons. The standard InChI is InChI=1S/C25H41N5O.HI/c1-4-26-25(27-11-13-29-17-20(2)14-21(3)18-29)28-16-23-15-24(31)30(19-23)12-10-22-8-6-5-7-9-22;/h5-9,20-21,23H,4,10-19H2,1-3H3,(H2,26,27,28);1H. The molecule has 1 amide bonds. The van der Waals surface area contributed by atoms with Crippen LogP contribution in [0.5, 0.6) is 0 Å². The average Bonchev–Trinajstić information content (AvgIpc) is 3.10. The topological polar surface area (TPSA) is 60.0 Å². The quantitative estimate of drug-likeness (QED) is 0.279. The van der Waals surface area contributed by atoms with Gasteiger partial charge < -0.3 is 20.4 Å². The number of hydrogen-bond acceptors (Lipinski definition) is 3. The van der Waals surface area contributed by atoms with E-state index >= 15 is 0 Å². The first kappa shape index (κ1) is 26.9. The fraction of sp³-hybridized carbons (Fsp3) is 0.680. The summed E-state index contributed by atoms with van der Waals surface area (Å²) in [5.41, 5.74) is 1.29. The van der Waals surface area contributed by atoms with E-state index in [-0.39, 0.29) is 29.9 Å². The van der Waals surface area contributed by atoms with Crippen LogP contribution >= 0.6 is 24.0 Å². The van der Waals surface area contributed by atoms with Gasteiger partial charge in [0.05, 0.1) is 0 Å². The Morgan fingerprint density at radius 3 is 2.47 bits per heavy atom. The molecule has 180 valence electrons. The number of rotatable bonds is 9. The van der Waals surface area contributed by atoms with Gasteiger partial charge in [-0.1, -0.05) is 44.2 Å². The number of benzene rings is 1. The van der Waals surface area contributed by atoms with Gasteiger partial charge in [0.25, 0.3) is 0 Å². The lowest BCUT2D eigenvalue weighted by Crippen LogP contribution is -2.45. The maximum absolute atomic E-state index is 12.4. The van der Waals surface area contributed by atoms with Gasteiger partial charge in [-0.15, -0.1) is 24.0 Å². The minimum absolute atomic E-state index is 0. The maximum atomic E-state index is 12.4. The minimum atomic E-state index is 0. The second-order valence-electron chi connectivity index (χ2n) is 9.50. The van der Waals surface area contributed by atoms with Crippen LogP contribution in [-0.2, 0) is 11.2 Å². The summed E-state index contributed by atoms with van der Waals surface area (Å²) >= 11 is 0. The van der Waals surface area contributed by atoms with Crippen molar-refractivity contribution in [3.8, 4) is 0 Å². The van der Waals surface area contributed by atoms with E-state index in [1.54, 1.807) is 0 Å². The van der Waals surface area contributed by atoms with Gasteiger partial charge in [0.15, 0.2) is 5.96 Å². The fourth-order valence-electron chi connectivity index (χ4n) is 4.97.